The molecule has 0 heterocycles. The van der Waals surface area contributed by atoms with Crippen LogP contribution in [-0.4, -0.2) is 30.8 Å². The van der Waals surface area contributed by atoms with Crippen LogP contribution in [-0.2, 0) is 16.0 Å². The van der Waals surface area contributed by atoms with Gasteiger partial charge >= 0.3 is 0 Å². The van der Waals surface area contributed by atoms with Crippen LogP contribution in [0.5, 0.6) is 0 Å². The summed E-state index contributed by atoms with van der Waals surface area (Å²) in [7, 11) is 0. The summed E-state index contributed by atoms with van der Waals surface area (Å²) in [5.74, 6) is -0.307. The highest BCUT2D eigenvalue weighted by atomic mass is 16.2. The first kappa shape index (κ1) is 15.3. The van der Waals surface area contributed by atoms with E-state index >= 15 is 0 Å². The molecule has 1 rings (SSSR count). The highest BCUT2D eigenvalue weighted by Gasteiger charge is 2.17. The van der Waals surface area contributed by atoms with E-state index in [4.69, 9.17) is 11.5 Å². The molecule has 0 aromatic heterocycles. The molecule has 0 saturated carbocycles. The van der Waals surface area contributed by atoms with E-state index in [0.717, 1.165) is 11.8 Å². The fourth-order valence-corrected chi connectivity index (χ4v) is 1.76. The molecular formula is C14H21N3O2. The Morgan fingerprint density at radius 2 is 2.00 bits per heavy atom. The highest BCUT2D eigenvalue weighted by Crippen LogP contribution is 2.02. The second kappa shape index (κ2) is 8.39. The first-order valence-corrected chi connectivity index (χ1v) is 6.42. The number of aldehydes is 1. The van der Waals surface area contributed by atoms with Crippen LogP contribution >= 0.6 is 0 Å². The lowest BCUT2D eigenvalue weighted by atomic mass is 10.1. The Kier molecular flexibility index (Phi) is 6.78. The standard InChI is InChI=1S/C14H21N3O2/c15-8-4-7-12(10-18)17-14(19)13(16)9-11-5-2-1-3-6-11/h1-3,5-6,10,12-13H,4,7-9,15-16H2,(H,17,19)/t12-,13+/m0/s1. The molecule has 1 amide bonds. The predicted molar refractivity (Wildman–Crippen MR) is 74.4 cm³/mol. The van der Waals surface area contributed by atoms with E-state index in [9.17, 15) is 9.59 Å². The van der Waals surface area contributed by atoms with Gasteiger partial charge in [-0.3, -0.25) is 4.79 Å². The predicted octanol–water partition coefficient (Wildman–Crippen LogP) is -0.0210. The van der Waals surface area contributed by atoms with Gasteiger partial charge in [0.05, 0.1) is 12.1 Å². The van der Waals surface area contributed by atoms with E-state index in [1.807, 2.05) is 30.3 Å². The van der Waals surface area contributed by atoms with Crippen LogP contribution in [0, 0.1) is 0 Å². The molecule has 0 aliphatic carbocycles. The fourth-order valence-electron chi connectivity index (χ4n) is 1.76. The zero-order valence-corrected chi connectivity index (χ0v) is 10.9. The lowest BCUT2D eigenvalue weighted by molar-refractivity contribution is -0.125. The van der Waals surface area contributed by atoms with Crippen molar-refractivity contribution in [2.45, 2.75) is 31.3 Å². The molecule has 0 fully saturated rings. The second-order valence-electron chi connectivity index (χ2n) is 4.48. The molecule has 0 aliphatic heterocycles. The zero-order chi connectivity index (χ0) is 14.1. The molecule has 0 unspecified atom stereocenters. The molecule has 5 nitrogen and oxygen atoms in total. The van der Waals surface area contributed by atoms with Crippen molar-refractivity contribution in [2.75, 3.05) is 6.54 Å². The molecule has 0 bridgehead atoms. The number of hydrogen-bond donors (Lipinski definition) is 3. The van der Waals surface area contributed by atoms with Crippen molar-refractivity contribution in [1.29, 1.82) is 0 Å². The summed E-state index contributed by atoms with van der Waals surface area (Å²) in [5, 5.41) is 2.63. The minimum absolute atomic E-state index is 0.307. The van der Waals surface area contributed by atoms with Crippen LogP contribution in [0.25, 0.3) is 0 Å². The Balaban J connectivity index is 2.45. The van der Waals surface area contributed by atoms with Gasteiger partial charge in [0.15, 0.2) is 0 Å². The van der Waals surface area contributed by atoms with Crippen molar-refractivity contribution in [3.63, 3.8) is 0 Å². The molecule has 0 aliphatic rings. The number of amides is 1. The summed E-state index contributed by atoms with van der Waals surface area (Å²) in [5.41, 5.74) is 12.2. The van der Waals surface area contributed by atoms with Gasteiger partial charge in [-0.15, -0.1) is 0 Å². The number of carbonyl (C=O) groups is 2. The Morgan fingerprint density at radius 3 is 2.58 bits per heavy atom. The third-order valence-electron chi connectivity index (χ3n) is 2.85. The lowest BCUT2D eigenvalue weighted by Crippen LogP contribution is -2.47. The van der Waals surface area contributed by atoms with Crippen molar-refractivity contribution in [3.05, 3.63) is 35.9 Å². The summed E-state index contributed by atoms with van der Waals surface area (Å²) in [6.45, 7) is 0.496. The Morgan fingerprint density at radius 1 is 1.32 bits per heavy atom. The van der Waals surface area contributed by atoms with Gasteiger partial charge in [0.25, 0.3) is 0 Å². The average molecular weight is 263 g/mol. The third-order valence-corrected chi connectivity index (χ3v) is 2.85. The smallest absolute Gasteiger partial charge is 0.237 e. The molecule has 0 spiro atoms. The minimum atomic E-state index is -0.650. The highest BCUT2D eigenvalue weighted by molar-refractivity contribution is 5.84. The molecule has 5 N–H and O–H groups in total. The molecular weight excluding hydrogens is 242 g/mol. The minimum Gasteiger partial charge on any atom is -0.345 e. The van der Waals surface area contributed by atoms with Gasteiger partial charge in [0.2, 0.25) is 5.91 Å². The van der Waals surface area contributed by atoms with Gasteiger partial charge in [-0.2, -0.15) is 0 Å². The Bertz CT molecular complexity index is 395. The van der Waals surface area contributed by atoms with E-state index in [0.29, 0.717) is 25.8 Å². The van der Waals surface area contributed by atoms with Gasteiger partial charge in [0.1, 0.15) is 6.29 Å². The SMILES string of the molecule is NCCC[C@@H](C=O)NC(=O)[C@H](N)Cc1ccccc1. The number of benzene rings is 1. The molecule has 1 aromatic carbocycles. The molecule has 1 aromatic rings. The number of nitrogens with two attached hydrogens (primary N) is 2. The summed E-state index contributed by atoms with van der Waals surface area (Å²) < 4.78 is 0. The number of nitrogens with one attached hydrogen (secondary N) is 1. The van der Waals surface area contributed by atoms with Crippen molar-refractivity contribution in [1.82, 2.24) is 5.32 Å². The Labute approximate surface area is 113 Å². The normalized spacial score (nSPS) is 13.6. The first-order valence-electron chi connectivity index (χ1n) is 6.42. The molecule has 104 valence electrons. The number of carbonyl (C=O) groups excluding carboxylic acids is 2. The average Bonchev–Trinajstić information content (AvgIpc) is 2.44. The number of hydrogen-bond acceptors (Lipinski definition) is 4. The molecule has 0 saturated heterocycles. The van der Waals surface area contributed by atoms with E-state index < -0.39 is 12.1 Å². The summed E-state index contributed by atoms with van der Waals surface area (Å²) in [4.78, 5) is 22.7. The van der Waals surface area contributed by atoms with E-state index in [1.54, 1.807) is 0 Å². The van der Waals surface area contributed by atoms with Crippen molar-refractivity contribution in [2.24, 2.45) is 11.5 Å². The molecule has 2 atom stereocenters. The molecule has 0 radical (unpaired) electrons. The fraction of sp³-hybridized carbons (Fsp3) is 0.429. The maximum Gasteiger partial charge on any atom is 0.237 e. The maximum atomic E-state index is 11.9. The van der Waals surface area contributed by atoms with Crippen LogP contribution in [0.3, 0.4) is 0 Å². The van der Waals surface area contributed by atoms with E-state index in [2.05, 4.69) is 5.32 Å². The molecule has 5 heteroatoms. The van der Waals surface area contributed by atoms with Crippen LogP contribution in [0.2, 0.25) is 0 Å². The van der Waals surface area contributed by atoms with Crippen LogP contribution < -0.4 is 16.8 Å². The molecule has 19 heavy (non-hydrogen) atoms. The summed E-state index contributed by atoms with van der Waals surface area (Å²) in [6, 6.07) is 8.38. The van der Waals surface area contributed by atoms with Gasteiger partial charge in [0, 0.05) is 0 Å². The summed E-state index contributed by atoms with van der Waals surface area (Å²) >= 11 is 0. The van der Waals surface area contributed by atoms with E-state index in [-0.39, 0.29) is 5.91 Å². The van der Waals surface area contributed by atoms with Crippen LogP contribution in [0.4, 0.5) is 0 Å². The monoisotopic (exact) mass is 263 g/mol. The van der Waals surface area contributed by atoms with Gasteiger partial charge in [-0.1, -0.05) is 30.3 Å². The van der Waals surface area contributed by atoms with Crippen molar-refractivity contribution in [3.8, 4) is 0 Å². The van der Waals surface area contributed by atoms with Crippen molar-refractivity contribution < 1.29 is 9.59 Å². The quantitative estimate of drug-likeness (QED) is 0.574. The third kappa shape index (κ3) is 5.63. The van der Waals surface area contributed by atoms with Crippen LogP contribution in [0.1, 0.15) is 18.4 Å². The maximum absolute atomic E-state index is 11.9. The summed E-state index contributed by atoms with van der Waals surface area (Å²) in [6.07, 6.45) is 2.42. The topological polar surface area (TPSA) is 98.2 Å². The van der Waals surface area contributed by atoms with Crippen LogP contribution in [0.15, 0.2) is 30.3 Å². The van der Waals surface area contributed by atoms with Gasteiger partial charge < -0.3 is 21.6 Å². The van der Waals surface area contributed by atoms with E-state index in [1.165, 1.54) is 0 Å². The Hall–Kier alpha value is -1.72. The zero-order valence-electron chi connectivity index (χ0n) is 10.9. The lowest BCUT2D eigenvalue weighted by Gasteiger charge is -2.16. The largest absolute Gasteiger partial charge is 0.345 e. The van der Waals surface area contributed by atoms with Gasteiger partial charge in [-0.25, -0.2) is 0 Å². The van der Waals surface area contributed by atoms with Gasteiger partial charge in [-0.05, 0) is 31.4 Å². The second-order valence-corrected chi connectivity index (χ2v) is 4.48. The number of rotatable bonds is 8. The first-order chi connectivity index (χ1) is 9.17. The van der Waals surface area contributed by atoms with Crippen molar-refractivity contribution >= 4 is 12.2 Å².